The molecular formula is C15H30N2O3. The van der Waals surface area contributed by atoms with E-state index in [9.17, 15) is 9.90 Å². The van der Waals surface area contributed by atoms with Crippen molar-refractivity contribution >= 4 is 6.09 Å². The van der Waals surface area contributed by atoms with Crippen LogP contribution in [-0.2, 0) is 4.74 Å². The monoisotopic (exact) mass is 286 g/mol. The van der Waals surface area contributed by atoms with Gasteiger partial charge in [-0.05, 0) is 52.4 Å². The second kappa shape index (κ2) is 7.27. The van der Waals surface area contributed by atoms with E-state index in [0.29, 0.717) is 19.6 Å². The number of amides is 1. The van der Waals surface area contributed by atoms with Gasteiger partial charge < -0.3 is 20.5 Å². The lowest BCUT2D eigenvalue weighted by atomic mass is 9.79. The third-order valence-corrected chi connectivity index (χ3v) is 3.63. The Morgan fingerprint density at radius 1 is 1.30 bits per heavy atom. The standard InChI is InChI=1S/C15H30N2O3/c1-12-5-7-15(19,8-6-12)11-16-9-10-17-13(18)20-14(2,3)4/h12,16,19H,5-11H2,1-4H3,(H,17,18). The summed E-state index contributed by atoms with van der Waals surface area (Å²) in [6.07, 6.45) is 3.51. The highest BCUT2D eigenvalue weighted by molar-refractivity contribution is 5.67. The third kappa shape index (κ3) is 7.10. The van der Waals surface area contributed by atoms with Gasteiger partial charge in [-0.25, -0.2) is 4.79 Å². The minimum Gasteiger partial charge on any atom is -0.444 e. The van der Waals surface area contributed by atoms with Crippen molar-refractivity contribution in [1.29, 1.82) is 0 Å². The fourth-order valence-electron chi connectivity index (χ4n) is 2.36. The molecule has 0 aliphatic heterocycles. The molecule has 1 amide bonds. The molecule has 20 heavy (non-hydrogen) atoms. The Bertz CT molecular complexity index is 305. The number of hydrogen-bond donors (Lipinski definition) is 3. The van der Waals surface area contributed by atoms with Gasteiger partial charge in [-0.15, -0.1) is 0 Å². The van der Waals surface area contributed by atoms with Crippen LogP contribution in [-0.4, -0.2) is 42.0 Å². The van der Waals surface area contributed by atoms with Crippen LogP contribution in [0.2, 0.25) is 0 Å². The average molecular weight is 286 g/mol. The van der Waals surface area contributed by atoms with Gasteiger partial charge in [0.25, 0.3) is 0 Å². The summed E-state index contributed by atoms with van der Waals surface area (Å²) < 4.78 is 5.14. The minimum absolute atomic E-state index is 0.399. The van der Waals surface area contributed by atoms with Crippen molar-refractivity contribution in [2.24, 2.45) is 5.92 Å². The van der Waals surface area contributed by atoms with E-state index in [4.69, 9.17) is 4.74 Å². The molecule has 0 aromatic carbocycles. The fraction of sp³-hybridized carbons (Fsp3) is 0.933. The van der Waals surface area contributed by atoms with Crippen LogP contribution in [0.5, 0.6) is 0 Å². The van der Waals surface area contributed by atoms with E-state index in [1.165, 1.54) is 0 Å². The molecule has 0 aromatic heterocycles. The highest BCUT2D eigenvalue weighted by atomic mass is 16.6. The van der Waals surface area contributed by atoms with Crippen LogP contribution in [0.1, 0.15) is 53.4 Å². The molecule has 0 heterocycles. The van der Waals surface area contributed by atoms with E-state index in [1.54, 1.807) is 0 Å². The number of rotatable bonds is 5. The van der Waals surface area contributed by atoms with Gasteiger partial charge in [-0.3, -0.25) is 0 Å². The third-order valence-electron chi connectivity index (χ3n) is 3.63. The molecule has 0 unspecified atom stereocenters. The molecule has 0 saturated heterocycles. The van der Waals surface area contributed by atoms with Gasteiger partial charge in [-0.2, -0.15) is 0 Å². The van der Waals surface area contributed by atoms with E-state index in [-0.39, 0.29) is 0 Å². The lowest BCUT2D eigenvalue weighted by molar-refractivity contribution is -0.00583. The molecule has 1 rings (SSSR count). The summed E-state index contributed by atoms with van der Waals surface area (Å²) in [5.41, 5.74) is -1.04. The number of aliphatic hydroxyl groups is 1. The van der Waals surface area contributed by atoms with E-state index in [2.05, 4.69) is 17.6 Å². The molecule has 0 radical (unpaired) electrons. The molecule has 5 nitrogen and oxygen atoms in total. The second-order valence-corrected chi connectivity index (χ2v) is 7.01. The molecule has 1 saturated carbocycles. The van der Waals surface area contributed by atoms with Crippen LogP contribution in [0, 0.1) is 5.92 Å². The first-order valence-electron chi connectivity index (χ1n) is 7.60. The van der Waals surface area contributed by atoms with E-state index < -0.39 is 17.3 Å². The second-order valence-electron chi connectivity index (χ2n) is 7.01. The molecule has 5 heteroatoms. The molecule has 0 atom stereocenters. The SMILES string of the molecule is CC1CCC(O)(CNCCNC(=O)OC(C)(C)C)CC1. The topological polar surface area (TPSA) is 70.6 Å². The van der Waals surface area contributed by atoms with E-state index >= 15 is 0 Å². The highest BCUT2D eigenvalue weighted by Crippen LogP contribution is 2.31. The molecule has 1 aliphatic rings. The smallest absolute Gasteiger partial charge is 0.407 e. The molecule has 0 spiro atoms. The van der Waals surface area contributed by atoms with Crippen LogP contribution in [0.3, 0.4) is 0 Å². The van der Waals surface area contributed by atoms with Crippen LogP contribution in [0.25, 0.3) is 0 Å². The summed E-state index contributed by atoms with van der Waals surface area (Å²) in [4.78, 5) is 11.4. The van der Waals surface area contributed by atoms with Crippen LogP contribution < -0.4 is 10.6 Å². The van der Waals surface area contributed by atoms with Crippen LogP contribution >= 0.6 is 0 Å². The molecule has 0 bridgehead atoms. The lowest BCUT2D eigenvalue weighted by Gasteiger charge is -2.35. The summed E-state index contributed by atoms with van der Waals surface area (Å²) in [6, 6.07) is 0. The van der Waals surface area contributed by atoms with Gasteiger partial charge in [0.15, 0.2) is 0 Å². The molecule has 1 fully saturated rings. The van der Waals surface area contributed by atoms with Gasteiger partial charge in [0.2, 0.25) is 0 Å². The quantitative estimate of drug-likeness (QED) is 0.676. The van der Waals surface area contributed by atoms with Crippen LogP contribution in [0.15, 0.2) is 0 Å². The van der Waals surface area contributed by atoms with Crippen molar-refractivity contribution in [3.8, 4) is 0 Å². The predicted octanol–water partition coefficient (Wildman–Crippen LogP) is 2.04. The lowest BCUT2D eigenvalue weighted by Crippen LogP contribution is -2.45. The Morgan fingerprint density at radius 2 is 1.90 bits per heavy atom. The summed E-state index contributed by atoms with van der Waals surface area (Å²) in [5.74, 6) is 0.726. The number of nitrogens with one attached hydrogen (secondary N) is 2. The maximum absolute atomic E-state index is 11.4. The van der Waals surface area contributed by atoms with Crippen LogP contribution in [0.4, 0.5) is 4.79 Å². The maximum atomic E-state index is 11.4. The van der Waals surface area contributed by atoms with Crippen molar-refractivity contribution in [1.82, 2.24) is 10.6 Å². The minimum atomic E-state index is -0.571. The Labute approximate surface area is 122 Å². The first kappa shape index (κ1) is 17.2. The molecule has 0 aromatic rings. The van der Waals surface area contributed by atoms with Crippen molar-refractivity contribution in [3.63, 3.8) is 0 Å². The van der Waals surface area contributed by atoms with Crippen molar-refractivity contribution in [3.05, 3.63) is 0 Å². The zero-order chi connectivity index (χ0) is 15.2. The molecule has 118 valence electrons. The summed E-state index contributed by atoms with van der Waals surface area (Å²) in [5, 5.41) is 16.3. The average Bonchev–Trinajstić information content (AvgIpc) is 2.31. The summed E-state index contributed by atoms with van der Waals surface area (Å²) in [7, 11) is 0. The first-order chi connectivity index (χ1) is 9.20. The molecule has 1 aliphatic carbocycles. The highest BCUT2D eigenvalue weighted by Gasteiger charge is 2.31. The molecular weight excluding hydrogens is 256 g/mol. The number of carbonyl (C=O) groups is 1. The van der Waals surface area contributed by atoms with Gasteiger partial charge >= 0.3 is 6.09 Å². The Kier molecular flexibility index (Phi) is 6.27. The van der Waals surface area contributed by atoms with Gasteiger partial charge in [0, 0.05) is 19.6 Å². The van der Waals surface area contributed by atoms with Gasteiger partial charge in [0.05, 0.1) is 5.60 Å². The Balaban J connectivity index is 2.09. The van der Waals surface area contributed by atoms with Crippen molar-refractivity contribution < 1.29 is 14.6 Å². The Morgan fingerprint density at radius 3 is 2.45 bits per heavy atom. The predicted molar refractivity (Wildman–Crippen MR) is 79.7 cm³/mol. The van der Waals surface area contributed by atoms with Gasteiger partial charge in [0.1, 0.15) is 5.60 Å². The number of carbonyl (C=O) groups excluding carboxylic acids is 1. The largest absolute Gasteiger partial charge is 0.444 e. The van der Waals surface area contributed by atoms with E-state index in [0.717, 1.165) is 31.6 Å². The first-order valence-corrected chi connectivity index (χ1v) is 7.60. The van der Waals surface area contributed by atoms with Crippen molar-refractivity contribution in [2.45, 2.75) is 64.6 Å². The maximum Gasteiger partial charge on any atom is 0.407 e. The fourth-order valence-corrected chi connectivity index (χ4v) is 2.36. The normalized spacial score (nSPS) is 27.1. The number of alkyl carbamates (subject to hydrolysis) is 1. The van der Waals surface area contributed by atoms with Gasteiger partial charge in [-0.1, -0.05) is 6.92 Å². The number of ether oxygens (including phenoxy) is 1. The van der Waals surface area contributed by atoms with E-state index in [1.807, 2.05) is 20.8 Å². The van der Waals surface area contributed by atoms with Crippen molar-refractivity contribution in [2.75, 3.05) is 19.6 Å². The zero-order valence-corrected chi connectivity index (χ0v) is 13.3. The Hall–Kier alpha value is -0.810. The number of hydrogen-bond acceptors (Lipinski definition) is 4. The zero-order valence-electron chi connectivity index (χ0n) is 13.3. The summed E-state index contributed by atoms with van der Waals surface area (Å²) >= 11 is 0. The molecule has 3 N–H and O–H groups in total. The summed E-state index contributed by atoms with van der Waals surface area (Å²) in [6.45, 7) is 9.48.